The maximum Gasteiger partial charge on any atom is 0.249 e. The lowest BCUT2D eigenvalue weighted by molar-refractivity contribution is -0.127. The summed E-state index contributed by atoms with van der Waals surface area (Å²) in [6, 6.07) is 7.68. The molecule has 0 saturated carbocycles. The Hall–Kier alpha value is -1.32. The molecule has 0 bridgehead atoms. The Balaban J connectivity index is 2.86. The van der Waals surface area contributed by atoms with Crippen molar-refractivity contribution in [2.75, 3.05) is 27.2 Å². The van der Waals surface area contributed by atoms with Crippen LogP contribution < -0.4 is 0 Å². The number of amides is 1. The molecule has 1 aromatic carbocycles. The normalized spacial score (nSPS) is 11.8. The van der Waals surface area contributed by atoms with Crippen molar-refractivity contribution < 1.29 is 4.79 Å². The molecule has 0 N–H and O–H groups in total. The molecule has 1 aromatic rings. The van der Waals surface area contributed by atoms with Gasteiger partial charge in [-0.1, -0.05) is 36.7 Å². The Morgan fingerprint density at radius 3 is 2.57 bits per heavy atom. The second-order valence-electron chi connectivity index (χ2n) is 5.46. The second kappa shape index (κ2) is 8.85. The number of allylic oxidation sites excluding steroid dienone is 1. The SMILES string of the molecule is CC/C=C(/C)C(=O)N(CCN(C)C)Cc1cccc(Cl)c1. The van der Waals surface area contributed by atoms with E-state index < -0.39 is 0 Å². The van der Waals surface area contributed by atoms with Gasteiger partial charge in [-0.15, -0.1) is 0 Å². The summed E-state index contributed by atoms with van der Waals surface area (Å²) in [5.41, 5.74) is 1.86. The Kier molecular flexibility index (Phi) is 7.48. The fourth-order valence-electron chi connectivity index (χ4n) is 2.07. The highest BCUT2D eigenvalue weighted by molar-refractivity contribution is 6.30. The molecule has 0 radical (unpaired) electrons. The Morgan fingerprint density at radius 2 is 2.00 bits per heavy atom. The highest BCUT2D eigenvalue weighted by Gasteiger charge is 2.15. The summed E-state index contributed by atoms with van der Waals surface area (Å²) in [6.07, 6.45) is 2.85. The maximum absolute atomic E-state index is 12.5. The largest absolute Gasteiger partial charge is 0.333 e. The quantitative estimate of drug-likeness (QED) is 0.719. The van der Waals surface area contributed by atoms with Gasteiger partial charge >= 0.3 is 0 Å². The van der Waals surface area contributed by atoms with Crippen molar-refractivity contribution in [2.45, 2.75) is 26.8 Å². The lowest BCUT2D eigenvalue weighted by atomic mass is 10.1. The van der Waals surface area contributed by atoms with Gasteiger partial charge in [-0.25, -0.2) is 0 Å². The van der Waals surface area contributed by atoms with Crippen LogP contribution in [0.1, 0.15) is 25.8 Å². The van der Waals surface area contributed by atoms with E-state index in [9.17, 15) is 4.79 Å². The van der Waals surface area contributed by atoms with E-state index in [-0.39, 0.29) is 5.91 Å². The zero-order valence-corrected chi connectivity index (χ0v) is 14.2. The molecule has 116 valence electrons. The van der Waals surface area contributed by atoms with Crippen molar-refractivity contribution in [3.63, 3.8) is 0 Å². The highest BCUT2D eigenvalue weighted by Crippen LogP contribution is 2.14. The number of hydrogen-bond donors (Lipinski definition) is 0. The standard InChI is InChI=1S/C17H25ClN2O/c1-5-7-14(2)17(21)20(11-10-19(3)4)13-15-8-6-9-16(18)12-15/h6-9,12H,5,10-11,13H2,1-4H3/b14-7-. The molecule has 1 rings (SSSR count). The summed E-state index contributed by atoms with van der Waals surface area (Å²) in [6.45, 7) is 6.05. The monoisotopic (exact) mass is 308 g/mol. The molecular weight excluding hydrogens is 284 g/mol. The molecule has 4 heteroatoms. The van der Waals surface area contributed by atoms with Crippen LogP contribution in [0.5, 0.6) is 0 Å². The second-order valence-corrected chi connectivity index (χ2v) is 5.89. The molecule has 0 unspecified atom stereocenters. The third kappa shape index (κ3) is 6.32. The fraction of sp³-hybridized carbons (Fsp3) is 0.471. The molecule has 0 aromatic heterocycles. The van der Waals surface area contributed by atoms with Gasteiger partial charge in [0.15, 0.2) is 0 Å². The van der Waals surface area contributed by atoms with Crippen molar-refractivity contribution in [3.8, 4) is 0 Å². The minimum Gasteiger partial charge on any atom is -0.333 e. The highest BCUT2D eigenvalue weighted by atomic mass is 35.5. The van der Waals surface area contributed by atoms with Crippen LogP contribution >= 0.6 is 11.6 Å². The van der Waals surface area contributed by atoms with Gasteiger partial charge in [-0.2, -0.15) is 0 Å². The Bertz CT molecular complexity index is 497. The number of hydrogen-bond acceptors (Lipinski definition) is 2. The summed E-state index contributed by atoms with van der Waals surface area (Å²) in [7, 11) is 4.02. The van der Waals surface area contributed by atoms with Gasteiger partial charge in [-0.05, 0) is 45.1 Å². The van der Waals surface area contributed by atoms with Crippen LogP contribution in [0.2, 0.25) is 5.02 Å². The van der Waals surface area contributed by atoms with Crippen LogP contribution in [0.15, 0.2) is 35.9 Å². The molecule has 0 saturated heterocycles. The smallest absolute Gasteiger partial charge is 0.249 e. The first kappa shape index (κ1) is 17.7. The summed E-state index contributed by atoms with van der Waals surface area (Å²) in [5, 5.41) is 0.702. The van der Waals surface area contributed by atoms with Gasteiger partial charge in [0.1, 0.15) is 0 Å². The zero-order valence-electron chi connectivity index (χ0n) is 13.4. The van der Waals surface area contributed by atoms with Crippen LogP contribution in [0, 0.1) is 0 Å². The predicted octanol–water partition coefficient (Wildman–Crippen LogP) is 3.59. The summed E-state index contributed by atoms with van der Waals surface area (Å²) >= 11 is 6.02. The van der Waals surface area contributed by atoms with E-state index in [1.165, 1.54) is 0 Å². The molecule has 3 nitrogen and oxygen atoms in total. The van der Waals surface area contributed by atoms with Crippen molar-refractivity contribution in [2.24, 2.45) is 0 Å². The Labute approximate surface area is 133 Å². The molecular formula is C17H25ClN2O. The third-order valence-electron chi connectivity index (χ3n) is 3.21. The molecule has 0 aliphatic carbocycles. The van der Waals surface area contributed by atoms with E-state index in [0.29, 0.717) is 18.1 Å². The van der Waals surface area contributed by atoms with Crippen LogP contribution in [0.4, 0.5) is 0 Å². The minimum absolute atomic E-state index is 0.0960. The molecule has 0 spiro atoms. The number of carbonyl (C=O) groups is 1. The molecule has 0 aliphatic rings. The number of benzene rings is 1. The number of halogens is 1. The van der Waals surface area contributed by atoms with Crippen LogP contribution in [0.3, 0.4) is 0 Å². The summed E-state index contributed by atoms with van der Waals surface area (Å²) < 4.78 is 0. The van der Waals surface area contributed by atoms with Gasteiger partial charge < -0.3 is 9.80 Å². The molecule has 21 heavy (non-hydrogen) atoms. The van der Waals surface area contributed by atoms with Crippen molar-refractivity contribution in [1.29, 1.82) is 0 Å². The van der Waals surface area contributed by atoms with E-state index in [1.54, 1.807) is 0 Å². The van der Waals surface area contributed by atoms with Crippen molar-refractivity contribution >= 4 is 17.5 Å². The van der Waals surface area contributed by atoms with Gasteiger partial charge in [0.05, 0.1) is 0 Å². The zero-order chi connectivity index (χ0) is 15.8. The maximum atomic E-state index is 12.5. The molecule has 0 heterocycles. The molecule has 1 amide bonds. The minimum atomic E-state index is 0.0960. The van der Waals surface area contributed by atoms with Crippen molar-refractivity contribution in [1.82, 2.24) is 9.80 Å². The summed E-state index contributed by atoms with van der Waals surface area (Å²) in [4.78, 5) is 16.5. The summed E-state index contributed by atoms with van der Waals surface area (Å²) in [5.74, 6) is 0.0960. The third-order valence-corrected chi connectivity index (χ3v) is 3.45. The number of nitrogens with zero attached hydrogens (tertiary/aromatic N) is 2. The lowest BCUT2D eigenvalue weighted by Crippen LogP contribution is -2.36. The van der Waals surface area contributed by atoms with Crippen LogP contribution in [0.25, 0.3) is 0 Å². The molecule has 0 fully saturated rings. The first-order valence-corrected chi connectivity index (χ1v) is 7.67. The molecule has 0 atom stereocenters. The van der Waals surface area contributed by atoms with Gasteiger partial charge in [0, 0.05) is 30.2 Å². The van der Waals surface area contributed by atoms with Crippen molar-refractivity contribution in [3.05, 3.63) is 46.5 Å². The predicted molar refractivity (Wildman–Crippen MR) is 89.5 cm³/mol. The number of rotatable bonds is 7. The topological polar surface area (TPSA) is 23.6 Å². The Morgan fingerprint density at radius 1 is 1.29 bits per heavy atom. The van der Waals surface area contributed by atoms with Gasteiger partial charge in [0.2, 0.25) is 5.91 Å². The van der Waals surface area contributed by atoms with E-state index >= 15 is 0 Å². The number of carbonyl (C=O) groups excluding carboxylic acids is 1. The average molecular weight is 309 g/mol. The van der Waals surface area contributed by atoms with Crippen LogP contribution in [-0.2, 0) is 11.3 Å². The van der Waals surface area contributed by atoms with E-state index in [2.05, 4.69) is 4.90 Å². The molecule has 0 aliphatic heterocycles. The first-order chi connectivity index (χ1) is 9.93. The van der Waals surface area contributed by atoms with Crippen LogP contribution in [-0.4, -0.2) is 42.9 Å². The fourth-order valence-corrected chi connectivity index (χ4v) is 2.28. The lowest BCUT2D eigenvalue weighted by Gasteiger charge is -2.25. The number of likely N-dealkylation sites (N-methyl/N-ethyl adjacent to an activating group) is 1. The van der Waals surface area contributed by atoms with E-state index in [1.807, 2.05) is 63.2 Å². The van der Waals surface area contributed by atoms with E-state index in [0.717, 1.165) is 24.1 Å². The van der Waals surface area contributed by atoms with Gasteiger partial charge in [0.25, 0.3) is 0 Å². The van der Waals surface area contributed by atoms with E-state index in [4.69, 9.17) is 11.6 Å². The average Bonchev–Trinajstić information content (AvgIpc) is 2.42. The first-order valence-electron chi connectivity index (χ1n) is 7.29. The van der Waals surface area contributed by atoms with Gasteiger partial charge in [-0.3, -0.25) is 4.79 Å².